The fourth-order valence-electron chi connectivity index (χ4n) is 3.75. The molecular weight excluding hydrogens is 360 g/mol. The molecule has 1 fully saturated rings. The fourth-order valence-corrected chi connectivity index (χ4v) is 3.75. The van der Waals surface area contributed by atoms with Gasteiger partial charge in [-0.3, -0.25) is 10.00 Å². The maximum absolute atomic E-state index is 4.75. The average molecular weight is 397 g/mol. The lowest BCUT2D eigenvalue weighted by Crippen LogP contribution is -2.37. The molecule has 2 aromatic rings. The van der Waals surface area contributed by atoms with Gasteiger partial charge in [0.05, 0.1) is 12.7 Å². The molecule has 6 nitrogen and oxygen atoms in total. The number of aromatic nitrogens is 2. The Morgan fingerprint density at radius 3 is 2.55 bits per heavy atom. The summed E-state index contributed by atoms with van der Waals surface area (Å²) in [5.74, 6) is 0.883. The predicted molar refractivity (Wildman–Crippen MR) is 120 cm³/mol. The van der Waals surface area contributed by atoms with Crippen molar-refractivity contribution in [1.29, 1.82) is 0 Å². The lowest BCUT2D eigenvalue weighted by Gasteiger charge is -2.26. The standard InChI is InChI=1S/C23H36N6/c1-3-24-23(25-13-7-8-22-17-27-28-19(22)2)26-16-20-9-11-21(12-10-20)18-29-14-5-4-6-15-29/h9-12,17H,3-8,13-16,18H2,1-2H3,(H,27,28)(H2,24,25,26). The normalized spacial score (nSPS) is 15.4. The van der Waals surface area contributed by atoms with E-state index in [-0.39, 0.29) is 0 Å². The molecule has 158 valence electrons. The molecule has 0 atom stereocenters. The minimum absolute atomic E-state index is 0.695. The van der Waals surface area contributed by atoms with Crippen molar-refractivity contribution in [2.45, 2.75) is 59.0 Å². The van der Waals surface area contributed by atoms with E-state index < -0.39 is 0 Å². The minimum atomic E-state index is 0.695. The number of aromatic amines is 1. The molecule has 3 rings (SSSR count). The SMILES string of the molecule is CCNC(=NCc1ccc(CN2CCCCC2)cc1)NCCCc1cn[nH]c1C. The van der Waals surface area contributed by atoms with E-state index in [1.165, 1.54) is 49.0 Å². The number of aryl methyl sites for hydroxylation is 2. The van der Waals surface area contributed by atoms with Gasteiger partial charge < -0.3 is 10.6 Å². The van der Waals surface area contributed by atoms with Gasteiger partial charge in [0, 0.05) is 25.3 Å². The number of piperidine rings is 1. The van der Waals surface area contributed by atoms with Crippen LogP contribution < -0.4 is 10.6 Å². The Labute approximate surface area is 175 Å². The van der Waals surface area contributed by atoms with Gasteiger partial charge in [-0.2, -0.15) is 5.10 Å². The molecule has 0 spiro atoms. The summed E-state index contributed by atoms with van der Waals surface area (Å²) in [6.07, 6.45) is 8.06. The molecule has 1 aliphatic rings. The Kier molecular flexibility index (Phi) is 8.56. The number of nitrogens with one attached hydrogen (secondary N) is 3. The van der Waals surface area contributed by atoms with Crippen LogP contribution in [-0.2, 0) is 19.5 Å². The number of benzene rings is 1. The second-order valence-corrected chi connectivity index (χ2v) is 7.90. The maximum atomic E-state index is 4.75. The Morgan fingerprint density at radius 2 is 1.86 bits per heavy atom. The van der Waals surface area contributed by atoms with Crippen LogP contribution in [0.2, 0.25) is 0 Å². The summed E-state index contributed by atoms with van der Waals surface area (Å²) in [7, 11) is 0. The second-order valence-electron chi connectivity index (χ2n) is 7.90. The summed E-state index contributed by atoms with van der Waals surface area (Å²) in [6, 6.07) is 8.95. The van der Waals surface area contributed by atoms with E-state index in [1.807, 2.05) is 6.20 Å². The van der Waals surface area contributed by atoms with Crippen LogP contribution in [0, 0.1) is 6.92 Å². The molecule has 2 heterocycles. The third kappa shape index (κ3) is 7.20. The first-order chi connectivity index (χ1) is 14.2. The molecular formula is C23H36N6. The molecule has 1 aromatic heterocycles. The van der Waals surface area contributed by atoms with E-state index in [4.69, 9.17) is 4.99 Å². The van der Waals surface area contributed by atoms with Gasteiger partial charge in [0.1, 0.15) is 0 Å². The Bertz CT molecular complexity index is 743. The molecule has 1 aromatic carbocycles. The zero-order valence-corrected chi connectivity index (χ0v) is 18.0. The van der Waals surface area contributed by atoms with E-state index in [9.17, 15) is 0 Å². The summed E-state index contributed by atoms with van der Waals surface area (Å²) >= 11 is 0. The van der Waals surface area contributed by atoms with Gasteiger partial charge in [0.25, 0.3) is 0 Å². The van der Waals surface area contributed by atoms with Crippen LogP contribution in [0.15, 0.2) is 35.5 Å². The highest BCUT2D eigenvalue weighted by Gasteiger charge is 2.10. The zero-order chi connectivity index (χ0) is 20.3. The molecule has 1 aliphatic heterocycles. The summed E-state index contributed by atoms with van der Waals surface area (Å²) in [4.78, 5) is 7.31. The van der Waals surface area contributed by atoms with Crippen LogP contribution >= 0.6 is 0 Å². The first-order valence-electron chi connectivity index (χ1n) is 11.1. The zero-order valence-electron chi connectivity index (χ0n) is 18.0. The van der Waals surface area contributed by atoms with Gasteiger partial charge >= 0.3 is 0 Å². The molecule has 0 bridgehead atoms. The summed E-state index contributed by atoms with van der Waals surface area (Å²) in [5.41, 5.74) is 5.10. The van der Waals surface area contributed by atoms with Crippen LogP contribution in [0.4, 0.5) is 0 Å². The van der Waals surface area contributed by atoms with Crippen molar-refractivity contribution >= 4 is 5.96 Å². The number of nitrogens with zero attached hydrogens (tertiary/aromatic N) is 3. The van der Waals surface area contributed by atoms with Gasteiger partial charge in [0.15, 0.2) is 5.96 Å². The molecule has 0 saturated carbocycles. The minimum Gasteiger partial charge on any atom is -0.357 e. The van der Waals surface area contributed by atoms with Crippen LogP contribution in [0.25, 0.3) is 0 Å². The number of hydrogen-bond donors (Lipinski definition) is 3. The Hall–Kier alpha value is -2.34. The highest BCUT2D eigenvalue weighted by Crippen LogP contribution is 2.14. The number of guanidine groups is 1. The maximum Gasteiger partial charge on any atom is 0.191 e. The summed E-state index contributed by atoms with van der Waals surface area (Å²) in [6.45, 7) is 10.2. The highest BCUT2D eigenvalue weighted by atomic mass is 15.2. The summed E-state index contributed by atoms with van der Waals surface area (Å²) in [5, 5.41) is 13.9. The van der Waals surface area contributed by atoms with E-state index in [0.717, 1.165) is 44.1 Å². The van der Waals surface area contributed by atoms with Gasteiger partial charge in [-0.05, 0) is 69.3 Å². The van der Waals surface area contributed by atoms with E-state index >= 15 is 0 Å². The van der Waals surface area contributed by atoms with E-state index in [0.29, 0.717) is 6.54 Å². The largest absolute Gasteiger partial charge is 0.357 e. The van der Waals surface area contributed by atoms with Crippen LogP contribution in [0.1, 0.15) is 55.0 Å². The van der Waals surface area contributed by atoms with Crippen molar-refractivity contribution in [2.75, 3.05) is 26.2 Å². The number of aliphatic imine (C=N–C) groups is 1. The summed E-state index contributed by atoms with van der Waals surface area (Å²) < 4.78 is 0. The van der Waals surface area contributed by atoms with Crippen molar-refractivity contribution in [1.82, 2.24) is 25.7 Å². The van der Waals surface area contributed by atoms with Crippen molar-refractivity contribution in [3.05, 3.63) is 52.8 Å². The smallest absolute Gasteiger partial charge is 0.191 e. The first-order valence-corrected chi connectivity index (χ1v) is 11.1. The molecule has 29 heavy (non-hydrogen) atoms. The second kappa shape index (κ2) is 11.6. The molecule has 1 saturated heterocycles. The highest BCUT2D eigenvalue weighted by molar-refractivity contribution is 5.79. The van der Waals surface area contributed by atoms with E-state index in [1.54, 1.807) is 0 Å². The quantitative estimate of drug-likeness (QED) is 0.345. The molecule has 3 N–H and O–H groups in total. The average Bonchev–Trinajstić information content (AvgIpc) is 3.16. The number of H-pyrrole nitrogens is 1. The molecule has 0 aliphatic carbocycles. The Balaban J connectivity index is 1.44. The van der Waals surface area contributed by atoms with Gasteiger partial charge in [-0.1, -0.05) is 30.7 Å². The topological polar surface area (TPSA) is 68.3 Å². The number of hydrogen-bond acceptors (Lipinski definition) is 3. The van der Waals surface area contributed by atoms with Crippen molar-refractivity contribution in [3.8, 4) is 0 Å². The first kappa shape index (κ1) is 21.4. The third-order valence-corrected chi connectivity index (χ3v) is 5.49. The van der Waals surface area contributed by atoms with E-state index in [2.05, 4.69) is 63.8 Å². The van der Waals surface area contributed by atoms with Gasteiger partial charge in [-0.15, -0.1) is 0 Å². The lowest BCUT2D eigenvalue weighted by atomic mass is 10.1. The Morgan fingerprint density at radius 1 is 1.10 bits per heavy atom. The van der Waals surface area contributed by atoms with Crippen LogP contribution in [0.5, 0.6) is 0 Å². The number of rotatable bonds is 9. The molecule has 0 radical (unpaired) electrons. The van der Waals surface area contributed by atoms with Crippen LogP contribution in [0.3, 0.4) is 0 Å². The predicted octanol–water partition coefficient (Wildman–Crippen LogP) is 3.39. The van der Waals surface area contributed by atoms with Crippen molar-refractivity contribution in [2.24, 2.45) is 4.99 Å². The van der Waals surface area contributed by atoms with Crippen molar-refractivity contribution < 1.29 is 0 Å². The van der Waals surface area contributed by atoms with Gasteiger partial charge in [-0.25, -0.2) is 4.99 Å². The molecule has 0 amide bonds. The third-order valence-electron chi connectivity index (χ3n) is 5.49. The monoisotopic (exact) mass is 396 g/mol. The van der Waals surface area contributed by atoms with Crippen molar-refractivity contribution in [3.63, 3.8) is 0 Å². The van der Waals surface area contributed by atoms with Gasteiger partial charge in [0.2, 0.25) is 0 Å². The fraction of sp³-hybridized carbons (Fsp3) is 0.565. The lowest BCUT2D eigenvalue weighted by molar-refractivity contribution is 0.221. The number of likely N-dealkylation sites (tertiary alicyclic amines) is 1. The molecule has 6 heteroatoms. The van der Waals surface area contributed by atoms with Crippen LogP contribution in [-0.4, -0.2) is 47.2 Å². The molecule has 0 unspecified atom stereocenters.